The van der Waals surface area contributed by atoms with Crippen LogP contribution in [0.3, 0.4) is 0 Å². The summed E-state index contributed by atoms with van der Waals surface area (Å²) in [4.78, 5) is 4.77. The first-order valence-corrected chi connectivity index (χ1v) is 12.4. The third kappa shape index (κ3) is 2.84. The minimum Gasteiger partial charge on any atom is -0.313 e. The monoisotopic (exact) mass is 401 g/mol. The highest BCUT2D eigenvalue weighted by atomic mass is 31.2. The van der Waals surface area contributed by atoms with E-state index in [0.29, 0.717) is 11.8 Å². The van der Waals surface area contributed by atoms with Gasteiger partial charge in [0, 0.05) is 34.1 Å². The smallest absolute Gasteiger partial charge is 0.146 e. The maximum atomic E-state index is 15.1. The summed E-state index contributed by atoms with van der Waals surface area (Å²) in [5.41, 5.74) is 1.50. The molecule has 0 N–H and O–H groups in total. The Kier molecular flexibility index (Phi) is 4.51. The normalized spacial score (nSPS) is 27.8. The van der Waals surface area contributed by atoms with E-state index in [1.807, 2.05) is 48.7 Å². The Bertz CT molecular complexity index is 989. The van der Waals surface area contributed by atoms with Gasteiger partial charge in [-0.25, -0.2) is 0 Å². The van der Waals surface area contributed by atoms with Crippen LogP contribution in [0.2, 0.25) is 0 Å². The number of fused-ring (bicyclic) bond motifs is 2. The Labute approximate surface area is 173 Å². The van der Waals surface area contributed by atoms with E-state index in [1.54, 1.807) is 0 Å². The fraction of sp³-hybridized carbons (Fsp3) is 0.346. The zero-order valence-corrected chi connectivity index (χ0v) is 18.0. The van der Waals surface area contributed by atoms with Crippen molar-refractivity contribution in [3.8, 4) is 0 Å². The number of hydrogen-bond acceptors (Lipinski definition) is 2. The molecule has 6 rings (SSSR count). The molecule has 148 valence electrons. The molecule has 3 heteroatoms. The van der Waals surface area contributed by atoms with Gasteiger partial charge in [0.15, 0.2) is 0 Å². The van der Waals surface area contributed by atoms with Gasteiger partial charge in [-0.05, 0) is 42.2 Å². The van der Waals surface area contributed by atoms with E-state index in [0.717, 1.165) is 22.7 Å². The highest BCUT2D eigenvalue weighted by molar-refractivity contribution is 7.79. The summed E-state index contributed by atoms with van der Waals surface area (Å²) in [6, 6.07) is 26.6. The number of hydrogen-bond donors (Lipinski definition) is 0. The molecular weight excluding hydrogens is 373 g/mol. The maximum absolute atomic E-state index is 15.1. The number of aromatic nitrogens is 1. The van der Waals surface area contributed by atoms with E-state index in [-0.39, 0.29) is 17.0 Å². The molecule has 3 aromatic rings. The van der Waals surface area contributed by atoms with E-state index in [9.17, 15) is 0 Å². The topological polar surface area (TPSA) is 30.0 Å². The lowest BCUT2D eigenvalue weighted by molar-refractivity contribution is -0.0792. The van der Waals surface area contributed by atoms with Crippen LogP contribution in [0.4, 0.5) is 0 Å². The Hall–Kier alpha value is -2.18. The maximum Gasteiger partial charge on any atom is 0.146 e. The largest absolute Gasteiger partial charge is 0.313 e. The fourth-order valence-electron chi connectivity index (χ4n) is 5.95. The van der Waals surface area contributed by atoms with Crippen molar-refractivity contribution >= 4 is 17.8 Å². The van der Waals surface area contributed by atoms with E-state index in [4.69, 9.17) is 4.98 Å². The zero-order valence-electron chi connectivity index (χ0n) is 17.1. The Morgan fingerprint density at radius 3 is 1.93 bits per heavy atom. The molecule has 0 amide bonds. The van der Waals surface area contributed by atoms with Crippen LogP contribution in [0.5, 0.6) is 0 Å². The summed E-state index contributed by atoms with van der Waals surface area (Å²) in [6.07, 6.45) is 4.13. The first-order chi connectivity index (χ1) is 14.0. The lowest BCUT2D eigenvalue weighted by Gasteiger charge is -2.63. The van der Waals surface area contributed by atoms with Crippen molar-refractivity contribution in [3.63, 3.8) is 0 Å². The minimum absolute atomic E-state index is 0.0963. The highest BCUT2D eigenvalue weighted by Gasteiger charge is 2.62. The van der Waals surface area contributed by atoms with Gasteiger partial charge in [0.1, 0.15) is 7.14 Å². The summed E-state index contributed by atoms with van der Waals surface area (Å²) in [7, 11) is -2.82. The Morgan fingerprint density at radius 1 is 0.828 bits per heavy atom. The summed E-state index contributed by atoms with van der Waals surface area (Å²) in [6.45, 7) is 4.79. The highest BCUT2D eigenvalue weighted by Crippen LogP contribution is 2.71. The molecule has 0 spiro atoms. The van der Waals surface area contributed by atoms with E-state index in [1.165, 1.54) is 6.42 Å². The first kappa shape index (κ1) is 18.8. The SMILES string of the molecule is CC1(C)[C@@H]2C[C@H]1[C@H](c1ccccn1)[C@@H](P(=O)(c1ccccc1)c1ccccc1)C2. The number of pyridine rings is 1. The molecule has 2 bridgehead atoms. The van der Waals surface area contributed by atoms with Gasteiger partial charge in [0.05, 0.1) is 0 Å². The van der Waals surface area contributed by atoms with E-state index >= 15 is 4.57 Å². The molecule has 2 aromatic carbocycles. The summed E-state index contributed by atoms with van der Waals surface area (Å²) in [5, 5.41) is 1.97. The molecule has 3 fully saturated rings. The summed E-state index contributed by atoms with van der Waals surface area (Å²) in [5.74, 6) is 1.39. The van der Waals surface area contributed by atoms with Crippen LogP contribution >= 0.6 is 7.14 Å². The standard InChI is InChI=1S/C26H28NOP/c1-26(2)19-17-22(26)25(23-15-9-10-16-27-23)24(18-19)29(28,20-11-5-3-6-12-20)21-13-7-4-8-14-21/h3-16,19,22,24-25H,17-18H2,1-2H3/t19-,22+,24+,25-/m1/s1. The summed E-state index contributed by atoms with van der Waals surface area (Å²) >= 11 is 0. The van der Waals surface area contributed by atoms with Gasteiger partial charge >= 0.3 is 0 Å². The van der Waals surface area contributed by atoms with Gasteiger partial charge in [-0.3, -0.25) is 4.98 Å². The molecule has 1 aromatic heterocycles. The van der Waals surface area contributed by atoms with Crippen molar-refractivity contribution in [1.82, 2.24) is 4.98 Å². The summed E-state index contributed by atoms with van der Waals surface area (Å²) < 4.78 is 15.1. The van der Waals surface area contributed by atoms with Crippen LogP contribution in [-0.4, -0.2) is 10.6 Å². The van der Waals surface area contributed by atoms with Crippen molar-refractivity contribution in [3.05, 3.63) is 90.8 Å². The Balaban J connectivity index is 1.70. The van der Waals surface area contributed by atoms with Crippen LogP contribution in [0.1, 0.15) is 38.3 Å². The molecule has 1 heterocycles. The molecule has 3 aliphatic carbocycles. The molecule has 4 atom stereocenters. The van der Waals surface area contributed by atoms with Crippen LogP contribution < -0.4 is 10.6 Å². The second-order valence-corrected chi connectivity index (χ2v) is 12.3. The fourth-order valence-corrected chi connectivity index (χ4v) is 9.61. The van der Waals surface area contributed by atoms with Crippen molar-refractivity contribution in [2.75, 3.05) is 0 Å². The van der Waals surface area contributed by atoms with E-state index < -0.39 is 7.14 Å². The molecule has 0 unspecified atom stereocenters. The van der Waals surface area contributed by atoms with Gasteiger partial charge in [-0.2, -0.15) is 0 Å². The van der Waals surface area contributed by atoms with Crippen LogP contribution in [0.25, 0.3) is 0 Å². The van der Waals surface area contributed by atoms with Crippen molar-refractivity contribution in [2.45, 2.75) is 38.3 Å². The van der Waals surface area contributed by atoms with Crippen molar-refractivity contribution in [1.29, 1.82) is 0 Å². The first-order valence-electron chi connectivity index (χ1n) is 10.6. The second-order valence-electron chi connectivity index (χ2n) is 9.27. The number of nitrogens with zero attached hydrogens (tertiary/aromatic N) is 1. The molecule has 3 aliphatic rings. The molecule has 0 aliphatic heterocycles. The van der Waals surface area contributed by atoms with Crippen LogP contribution in [-0.2, 0) is 4.57 Å². The number of rotatable bonds is 4. The average molecular weight is 401 g/mol. The minimum atomic E-state index is -2.82. The predicted molar refractivity (Wildman–Crippen MR) is 121 cm³/mol. The molecule has 0 saturated heterocycles. The second kappa shape index (κ2) is 6.96. The lowest BCUT2D eigenvalue weighted by atomic mass is 9.45. The van der Waals surface area contributed by atoms with Crippen molar-refractivity contribution in [2.24, 2.45) is 17.3 Å². The van der Waals surface area contributed by atoms with Gasteiger partial charge in [0.2, 0.25) is 0 Å². The zero-order chi connectivity index (χ0) is 20.1. The third-order valence-electron chi connectivity index (χ3n) is 7.70. The molecular formula is C26H28NOP. The van der Waals surface area contributed by atoms with Crippen molar-refractivity contribution < 1.29 is 4.57 Å². The molecule has 29 heavy (non-hydrogen) atoms. The predicted octanol–water partition coefficient (Wildman–Crippen LogP) is 5.61. The van der Waals surface area contributed by atoms with Gasteiger partial charge < -0.3 is 4.57 Å². The Morgan fingerprint density at radius 2 is 1.41 bits per heavy atom. The van der Waals surface area contributed by atoms with Crippen LogP contribution in [0, 0.1) is 17.3 Å². The van der Waals surface area contributed by atoms with Gasteiger partial charge in [0.25, 0.3) is 0 Å². The molecule has 0 radical (unpaired) electrons. The quantitative estimate of drug-likeness (QED) is 0.532. The number of benzene rings is 2. The van der Waals surface area contributed by atoms with Gasteiger partial charge in [-0.1, -0.05) is 80.6 Å². The average Bonchev–Trinajstić information content (AvgIpc) is 2.79. The van der Waals surface area contributed by atoms with Crippen LogP contribution in [0.15, 0.2) is 85.1 Å². The lowest BCUT2D eigenvalue weighted by Crippen LogP contribution is -2.57. The van der Waals surface area contributed by atoms with E-state index in [2.05, 4.69) is 50.2 Å². The molecule has 2 nitrogen and oxygen atoms in total. The third-order valence-corrected chi connectivity index (χ3v) is 11.3. The molecule has 3 saturated carbocycles. The van der Waals surface area contributed by atoms with Gasteiger partial charge in [-0.15, -0.1) is 0 Å².